The van der Waals surface area contributed by atoms with Crippen molar-refractivity contribution in [3.8, 4) is 0 Å². The molecule has 1 aliphatic heterocycles. The highest BCUT2D eigenvalue weighted by Crippen LogP contribution is 2.17. The molecule has 15 N–H and O–H groups in total. The summed E-state index contributed by atoms with van der Waals surface area (Å²) in [6, 6.07) is 3.27. The second kappa shape index (κ2) is 20.8. The molecule has 18 nitrogen and oxygen atoms in total. The Balaban J connectivity index is 2.18. The molecule has 0 bridgehead atoms. The highest BCUT2D eigenvalue weighted by atomic mass is 16.4. The van der Waals surface area contributed by atoms with Crippen LogP contribution in [0.2, 0.25) is 0 Å². The van der Waals surface area contributed by atoms with Crippen LogP contribution in [0.25, 0.3) is 0 Å². The van der Waals surface area contributed by atoms with Crippen LogP contribution in [0.1, 0.15) is 57.9 Å². The van der Waals surface area contributed by atoms with Gasteiger partial charge in [-0.1, -0.05) is 44.2 Å². The number of carbonyl (C=O) groups is 7. The number of nitrogens with two attached hydrogens (primary N) is 3. The fraction of sp³-hybridized carbons (Fsp3) is 0.594. The van der Waals surface area contributed by atoms with Gasteiger partial charge in [-0.05, 0) is 43.7 Å². The third kappa shape index (κ3) is 14.5. The van der Waals surface area contributed by atoms with E-state index < -0.39 is 90.9 Å². The van der Waals surface area contributed by atoms with Crippen LogP contribution in [0.4, 0.5) is 0 Å². The Morgan fingerprint density at radius 3 is 2.14 bits per heavy atom. The number of rotatable bonds is 21. The van der Waals surface area contributed by atoms with Gasteiger partial charge >= 0.3 is 5.97 Å². The predicted molar refractivity (Wildman–Crippen MR) is 181 cm³/mol. The number of aliphatic carboxylic acids is 1. The van der Waals surface area contributed by atoms with Crippen molar-refractivity contribution in [3.63, 3.8) is 0 Å². The summed E-state index contributed by atoms with van der Waals surface area (Å²) in [7, 11) is 0. The maximum atomic E-state index is 13.7. The fourth-order valence-corrected chi connectivity index (χ4v) is 5.46. The molecular formula is C32H53N10O8+. The molecule has 5 atom stereocenters. The lowest BCUT2D eigenvalue weighted by Crippen LogP contribution is -2.69. The van der Waals surface area contributed by atoms with E-state index in [-0.39, 0.29) is 25.3 Å². The van der Waals surface area contributed by atoms with Crippen LogP contribution in [-0.2, 0) is 40.0 Å². The van der Waals surface area contributed by atoms with E-state index in [1.807, 2.05) is 13.8 Å². The Bertz CT molecular complexity index is 1330. The van der Waals surface area contributed by atoms with Crippen molar-refractivity contribution in [2.24, 2.45) is 23.1 Å². The number of hydrogen-bond donors (Lipinski definition) is 10. The normalized spacial score (nSPS) is 16.6. The standard InChI is InChI=1S/C32H52N10O8/c1-18(2)14-21(40-30(48)23(16-25(34)43)39-27(45)20(33)10-6-12-37-32(35)36)29(47)41-22(15-19-8-4-3-5-9-19)28(46)38-17-26(44)42-13-7-11-24(42)31(49)50/h3-5,8-9,18,20-24,32,37H,6-7,10-17,33,35-36H2,1-2H3,(H2,34,43)(H,38,46)(H,39,45)(H,40,48)(H,41,47)(H,49,50)/p+1/t20-,21-,22-,23-,24-/m0/s1. The number of carbonyl (C=O) groups excluding carboxylic acids is 6. The number of likely N-dealkylation sites (tertiary alicyclic amines) is 1. The highest BCUT2D eigenvalue weighted by molar-refractivity contribution is 5.97. The van der Waals surface area contributed by atoms with Gasteiger partial charge in [0.2, 0.25) is 29.5 Å². The Kier molecular flexibility index (Phi) is 17.2. The SMILES string of the molecule is CC(C)C[C@H](NC(=O)[C@H](CC(N)=O)NC(=O)[C@@H]([NH3+])CCCNC(N)N)C(=O)N[C@@H](Cc1ccccc1)C(=O)NCC(=O)N1CCC[C@H]1C(=O)O. The number of amides is 6. The van der Waals surface area contributed by atoms with E-state index in [2.05, 4.69) is 32.3 Å². The molecule has 0 unspecified atom stereocenters. The zero-order chi connectivity index (χ0) is 37.4. The first-order chi connectivity index (χ1) is 23.6. The smallest absolute Gasteiger partial charge is 0.326 e. The molecule has 1 aromatic rings. The summed E-state index contributed by atoms with van der Waals surface area (Å²) in [5.74, 6) is -5.53. The summed E-state index contributed by atoms with van der Waals surface area (Å²) in [4.78, 5) is 90.7. The second-order valence-corrected chi connectivity index (χ2v) is 12.8. The predicted octanol–water partition coefficient (Wildman–Crippen LogP) is -4.02. The lowest BCUT2D eigenvalue weighted by atomic mass is 10.0. The maximum Gasteiger partial charge on any atom is 0.326 e. The van der Waals surface area contributed by atoms with Gasteiger partial charge in [0.25, 0.3) is 5.91 Å². The molecule has 0 radical (unpaired) electrons. The number of nitrogens with one attached hydrogen (secondary N) is 5. The van der Waals surface area contributed by atoms with Crippen molar-refractivity contribution in [3.05, 3.63) is 35.9 Å². The Morgan fingerprint density at radius 2 is 1.54 bits per heavy atom. The number of carboxylic acids is 1. The number of carboxylic acid groups (broad SMARTS) is 1. The van der Waals surface area contributed by atoms with Crippen LogP contribution in [0, 0.1) is 5.92 Å². The van der Waals surface area contributed by atoms with Crippen LogP contribution in [0.3, 0.4) is 0 Å². The molecule has 2 rings (SSSR count). The molecule has 1 aromatic carbocycles. The minimum atomic E-state index is -1.41. The largest absolute Gasteiger partial charge is 0.480 e. The van der Waals surface area contributed by atoms with Crippen molar-refractivity contribution in [1.82, 2.24) is 31.5 Å². The minimum Gasteiger partial charge on any atom is -0.480 e. The maximum absolute atomic E-state index is 13.7. The molecule has 50 heavy (non-hydrogen) atoms. The lowest BCUT2D eigenvalue weighted by molar-refractivity contribution is -0.405. The average molecular weight is 706 g/mol. The van der Waals surface area contributed by atoms with Crippen LogP contribution in [0.5, 0.6) is 0 Å². The third-order valence-electron chi connectivity index (χ3n) is 8.05. The molecule has 1 heterocycles. The van der Waals surface area contributed by atoms with Gasteiger partial charge in [0.05, 0.1) is 13.0 Å². The number of nitrogens with zero attached hydrogens (tertiary/aromatic N) is 1. The fourth-order valence-electron chi connectivity index (χ4n) is 5.46. The summed E-state index contributed by atoms with van der Waals surface area (Å²) in [6.45, 7) is 3.83. The molecule has 0 aromatic heterocycles. The zero-order valence-corrected chi connectivity index (χ0v) is 28.7. The third-order valence-corrected chi connectivity index (χ3v) is 8.05. The van der Waals surface area contributed by atoms with Gasteiger partial charge in [-0.2, -0.15) is 0 Å². The first-order valence-electron chi connectivity index (χ1n) is 16.7. The van der Waals surface area contributed by atoms with Gasteiger partial charge < -0.3 is 54.2 Å². The van der Waals surface area contributed by atoms with Crippen LogP contribution in [0.15, 0.2) is 30.3 Å². The topological polar surface area (TPSA) is 309 Å². The molecule has 0 aliphatic carbocycles. The molecule has 1 saturated heterocycles. The number of primary amides is 1. The lowest BCUT2D eigenvalue weighted by Gasteiger charge is -2.26. The summed E-state index contributed by atoms with van der Waals surface area (Å²) < 4.78 is 0. The van der Waals surface area contributed by atoms with E-state index in [4.69, 9.17) is 17.2 Å². The number of quaternary nitrogens is 1. The molecule has 18 heteroatoms. The first-order valence-corrected chi connectivity index (χ1v) is 16.7. The highest BCUT2D eigenvalue weighted by Gasteiger charge is 2.35. The van der Waals surface area contributed by atoms with Gasteiger partial charge in [0.15, 0.2) is 6.04 Å². The van der Waals surface area contributed by atoms with Crippen molar-refractivity contribution in [2.75, 3.05) is 19.6 Å². The van der Waals surface area contributed by atoms with Crippen LogP contribution < -0.4 is 49.5 Å². The van der Waals surface area contributed by atoms with Crippen molar-refractivity contribution in [2.45, 2.75) is 95.3 Å². The van der Waals surface area contributed by atoms with E-state index >= 15 is 0 Å². The van der Waals surface area contributed by atoms with Crippen molar-refractivity contribution >= 4 is 41.4 Å². The molecular weight excluding hydrogens is 652 g/mol. The quantitative estimate of drug-likeness (QED) is 0.0434. The summed E-state index contributed by atoms with van der Waals surface area (Å²) >= 11 is 0. The molecule has 278 valence electrons. The van der Waals surface area contributed by atoms with Crippen LogP contribution >= 0.6 is 0 Å². The molecule has 0 spiro atoms. The molecule has 1 fully saturated rings. The molecule has 0 saturated carbocycles. The van der Waals surface area contributed by atoms with E-state index in [0.29, 0.717) is 37.8 Å². The average Bonchev–Trinajstić information content (AvgIpc) is 3.55. The van der Waals surface area contributed by atoms with Gasteiger partial charge in [-0.3, -0.25) is 34.1 Å². The van der Waals surface area contributed by atoms with E-state index in [0.717, 1.165) is 0 Å². The Hall–Kier alpha value is -4.65. The van der Waals surface area contributed by atoms with Gasteiger partial charge in [-0.15, -0.1) is 0 Å². The van der Waals surface area contributed by atoms with Gasteiger partial charge in [0, 0.05) is 19.4 Å². The summed E-state index contributed by atoms with van der Waals surface area (Å²) in [5, 5.41) is 22.5. The van der Waals surface area contributed by atoms with E-state index in [9.17, 15) is 38.7 Å². The van der Waals surface area contributed by atoms with E-state index in [1.54, 1.807) is 30.3 Å². The van der Waals surface area contributed by atoms with Crippen molar-refractivity contribution in [1.29, 1.82) is 0 Å². The molecule has 6 amide bonds. The molecule has 1 aliphatic rings. The Labute approximate surface area is 291 Å². The monoisotopic (exact) mass is 705 g/mol. The second-order valence-electron chi connectivity index (χ2n) is 12.8. The Morgan fingerprint density at radius 1 is 0.920 bits per heavy atom. The van der Waals surface area contributed by atoms with Crippen LogP contribution in [-0.4, -0.2) is 108 Å². The first kappa shape index (κ1) is 41.5. The van der Waals surface area contributed by atoms with E-state index in [1.165, 1.54) is 4.90 Å². The van der Waals surface area contributed by atoms with Gasteiger partial charge in [0.1, 0.15) is 30.5 Å². The van der Waals surface area contributed by atoms with Crippen molar-refractivity contribution < 1.29 is 44.4 Å². The number of benzene rings is 1. The summed E-state index contributed by atoms with van der Waals surface area (Å²) in [6.07, 6.45) is 0.568. The zero-order valence-electron chi connectivity index (χ0n) is 28.7. The minimum absolute atomic E-state index is 0.0361. The number of hydrogen-bond acceptors (Lipinski definition) is 10. The van der Waals surface area contributed by atoms with Gasteiger partial charge in [-0.25, -0.2) is 4.79 Å². The summed E-state index contributed by atoms with van der Waals surface area (Å²) in [5.41, 5.74) is 20.8.